The Morgan fingerprint density at radius 1 is 1.17 bits per heavy atom. The van der Waals surface area contributed by atoms with Crippen molar-refractivity contribution in [1.29, 1.82) is 0 Å². The van der Waals surface area contributed by atoms with Crippen LogP contribution in [0.4, 0.5) is 11.4 Å². The molecule has 6 nitrogen and oxygen atoms in total. The zero-order valence-corrected chi connectivity index (χ0v) is 13.9. The Bertz CT molecular complexity index is 872. The molecule has 3 aromatic rings. The minimum atomic E-state index is 0.191. The van der Waals surface area contributed by atoms with Gasteiger partial charge < -0.3 is 14.6 Å². The van der Waals surface area contributed by atoms with Crippen LogP contribution in [0.25, 0.3) is 11.5 Å². The van der Waals surface area contributed by atoms with E-state index < -0.39 is 0 Å². The molecule has 0 amide bonds. The van der Waals surface area contributed by atoms with Gasteiger partial charge in [0.05, 0.1) is 0 Å². The average molecular weight is 343 g/mol. The molecule has 0 saturated heterocycles. The standard InChI is InChI=1S/C17H15ClN4O2/c1-21(2)14-6-8-15(9-7-14)22(23)11-16-19-17(24-20-16)12-4-3-5-13(18)10-12/h3-11H,1-2H3/b22-11+. The van der Waals surface area contributed by atoms with Crippen LogP contribution in [0.5, 0.6) is 0 Å². The Balaban J connectivity index is 1.83. The second kappa shape index (κ2) is 6.72. The molecule has 0 atom stereocenters. The van der Waals surface area contributed by atoms with E-state index in [4.69, 9.17) is 16.1 Å². The summed E-state index contributed by atoms with van der Waals surface area (Å²) in [6, 6.07) is 14.3. The third kappa shape index (κ3) is 3.55. The summed E-state index contributed by atoms with van der Waals surface area (Å²) in [7, 11) is 3.87. The van der Waals surface area contributed by atoms with Gasteiger partial charge >= 0.3 is 0 Å². The Kier molecular flexibility index (Phi) is 4.48. The van der Waals surface area contributed by atoms with Crippen LogP contribution in [0.2, 0.25) is 5.02 Å². The van der Waals surface area contributed by atoms with E-state index in [1.165, 1.54) is 6.21 Å². The van der Waals surface area contributed by atoms with Crippen LogP contribution in [-0.2, 0) is 0 Å². The molecule has 7 heteroatoms. The smallest absolute Gasteiger partial charge is 0.261 e. The summed E-state index contributed by atoms with van der Waals surface area (Å²) in [5.41, 5.74) is 2.19. The summed E-state index contributed by atoms with van der Waals surface area (Å²) in [4.78, 5) is 6.15. The fourth-order valence-corrected chi connectivity index (χ4v) is 2.29. The fraction of sp³-hybridized carbons (Fsp3) is 0.118. The zero-order valence-electron chi connectivity index (χ0n) is 13.2. The highest BCUT2D eigenvalue weighted by atomic mass is 35.5. The van der Waals surface area contributed by atoms with Crippen molar-refractivity contribution in [3.63, 3.8) is 0 Å². The summed E-state index contributed by atoms with van der Waals surface area (Å²) in [6.45, 7) is 0. The quantitative estimate of drug-likeness (QED) is 0.313. The Labute approximate surface area is 144 Å². The summed E-state index contributed by atoms with van der Waals surface area (Å²) in [5.74, 6) is 0.497. The SMILES string of the molecule is CN(C)c1ccc(/[N+]([O-])=C\c2noc(-c3cccc(Cl)c3)n2)cc1. The van der Waals surface area contributed by atoms with Gasteiger partial charge in [0.1, 0.15) is 0 Å². The molecule has 3 rings (SSSR count). The van der Waals surface area contributed by atoms with E-state index in [9.17, 15) is 5.21 Å². The molecule has 0 spiro atoms. The number of hydrogen-bond donors (Lipinski definition) is 0. The van der Waals surface area contributed by atoms with Gasteiger partial charge in [0.25, 0.3) is 11.7 Å². The van der Waals surface area contributed by atoms with Crippen LogP contribution in [0.15, 0.2) is 53.1 Å². The largest absolute Gasteiger partial charge is 0.618 e. The van der Waals surface area contributed by atoms with Gasteiger partial charge in [-0.1, -0.05) is 22.8 Å². The minimum absolute atomic E-state index is 0.191. The molecule has 0 radical (unpaired) electrons. The molecular weight excluding hydrogens is 328 g/mol. The lowest BCUT2D eigenvalue weighted by atomic mass is 10.2. The van der Waals surface area contributed by atoms with Crippen molar-refractivity contribution in [1.82, 2.24) is 10.1 Å². The van der Waals surface area contributed by atoms with Gasteiger partial charge in [-0.05, 0) is 30.3 Å². The molecule has 0 bridgehead atoms. The number of rotatable bonds is 4. The summed E-state index contributed by atoms with van der Waals surface area (Å²) >= 11 is 5.94. The molecule has 1 aromatic heterocycles. The molecule has 2 aromatic carbocycles. The predicted molar refractivity (Wildman–Crippen MR) is 94.0 cm³/mol. The van der Waals surface area contributed by atoms with Crippen LogP contribution in [-0.4, -0.2) is 35.2 Å². The Hall–Kier alpha value is -2.86. The summed E-state index contributed by atoms with van der Waals surface area (Å²) in [6.07, 6.45) is 1.27. The highest BCUT2D eigenvalue weighted by Crippen LogP contribution is 2.21. The van der Waals surface area contributed by atoms with Crippen molar-refractivity contribution in [2.75, 3.05) is 19.0 Å². The Morgan fingerprint density at radius 3 is 2.58 bits per heavy atom. The maximum atomic E-state index is 12.2. The van der Waals surface area contributed by atoms with Gasteiger partial charge in [-0.2, -0.15) is 9.72 Å². The lowest BCUT2D eigenvalue weighted by Crippen LogP contribution is -2.08. The third-order valence-electron chi connectivity index (χ3n) is 3.37. The van der Waals surface area contributed by atoms with Gasteiger partial charge in [-0.25, -0.2) is 0 Å². The van der Waals surface area contributed by atoms with E-state index in [1.54, 1.807) is 36.4 Å². The van der Waals surface area contributed by atoms with Crippen molar-refractivity contribution in [3.8, 4) is 11.5 Å². The van der Waals surface area contributed by atoms with Gasteiger partial charge in [0.2, 0.25) is 11.9 Å². The van der Waals surface area contributed by atoms with Gasteiger partial charge in [0, 0.05) is 42.5 Å². The fourth-order valence-electron chi connectivity index (χ4n) is 2.10. The first kappa shape index (κ1) is 16.0. The van der Waals surface area contributed by atoms with E-state index in [0.29, 0.717) is 26.9 Å². The van der Waals surface area contributed by atoms with Gasteiger partial charge in [0.15, 0.2) is 0 Å². The topological polar surface area (TPSA) is 68.2 Å². The predicted octanol–water partition coefficient (Wildman–Crippen LogP) is 3.72. The van der Waals surface area contributed by atoms with E-state index in [1.807, 2.05) is 31.1 Å². The molecule has 24 heavy (non-hydrogen) atoms. The van der Waals surface area contributed by atoms with Crippen LogP contribution in [0.3, 0.4) is 0 Å². The molecule has 0 aliphatic heterocycles. The second-order valence-electron chi connectivity index (χ2n) is 5.33. The van der Waals surface area contributed by atoms with Gasteiger partial charge in [-0.15, -0.1) is 0 Å². The Morgan fingerprint density at radius 2 is 1.92 bits per heavy atom. The van der Waals surface area contributed by atoms with Crippen molar-refractivity contribution in [2.45, 2.75) is 0 Å². The lowest BCUT2D eigenvalue weighted by molar-refractivity contribution is -0.354. The summed E-state index contributed by atoms with van der Waals surface area (Å²) < 4.78 is 5.87. The van der Waals surface area contributed by atoms with E-state index in [0.717, 1.165) is 5.69 Å². The highest BCUT2D eigenvalue weighted by molar-refractivity contribution is 6.30. The highest BCUT2D eigenvalue weighted by Gasteiger charge is 2.11. The van der Waals surface area contributed by atoms with E-state index in [-0.39, 0.29) is 5.82 Å². The normalized spacial score (nSPS) is 11.5. The second-order valence-corrected chi connectivity index (χ2v) is 5.77. The number of hydrogen-bond acceptors (Lipinski definition) is 5. The van der Waals surface area contributed by atoms with Crippen molar-refractivity contribution in [3.05, 3.63) is 64.6 Å². The molecule has 0 N–H and O–H groups in total. The first-order valence-corrected chi connectivity index (χ1v) is 7.59. The average Bonchev–Trinajstić information content (AvgIpc) is 3.03. The first-order chi connectivity index (χ1) is 11.5. The maximum Gasteiger partial charge on any atom is 0.261 e. The maximum absolute atomic E-state index is 12.2. The van der Waals surface area contributed by atoms with Crippen molar-refractivity contribution in [2.24, 2.45) is 0 Å². The number of halogens is 1. The molecule has 0 fully saturated rings. The third-order valence-corrected chi connectivity index (χ3v) is 3.60. The van der Waals surface area contributed by atoms with Crippen molar-refractivity contribution >= 4 is 29.2 Å². The molecule has 122 valence electrons. The molecule has 1 heterocycles. The minimum Gasteiger partial charge on any atom is -0.618 e. The zero-order chi connectivity index (χ0) is 17.1. The summed E-state index contributed by atoms with van der Waals surface area (Å²) in [5, 5.41) is 16.6. The molecule has 0 aliphatic carbocycles. The number of anilines is 1. The monoisotopic (exact) mass is 342 g/mol. The van der Waals surface area contributed by atoms with Crippen LogP contribution < -0.4 is 4.90 Å². The van der Waals surface area contributed by atoms with E-state index in [2.05, 4.69) is 10.1 Å². The first-order valence-electron chi connectivity index (χ1n) is 7.21. The number of benzene rings is 2. The molecule has 0 unspecified atom stereocenters. The number of aromatic nitrogens is 2. The van der Waals surface area contributed by atoms with Crippen molar-refractivity contribution < 1.29 is 9.26 Å². The van der Waals surface area contributed by atoms with Crippen LogP contribution in [0, 0.1) is 5.21 Å². The number of nitrogens with zero attached hydrogens (tertiary/aromatic N) is 4. The molecular formula is C17H15ClN4O2. The van der Waals surface area contributed by atoms with Crippen LogP contribution in [0.1, 0.15) is 5.82 Å². The van der Waals surface area contributed by atoms with E-state index >= 15 is 0 Å². The lowest BCUT2D eigenvalue weighted by Gasteiger charge is -2.11. The van der Waals surface area contributed by atoms with Gasteiger partial charge in [-0.3, -0.25) is 0 Å². The van der Waals surface area contributed by atoms with Crippen LogP contribution >= 0.6 is 11.6 Å². The molecule has 0 saturated carbocycles. The molecule has 0 aliphatic rings.